The Morgan fingerprint density at radius 1 is 1.21 bits per heavy atom. The van der Waals surface area contributed by atoms with E-state index in [1.54, 1.807) is 0 Å². The van der Waals surface area contributed by atoms with Crippen molar-refractivity contribution in [3.8, 4) is 0 Å². The van der Waals surface area contributed by atoms with Crippen LogP contribution in [-0.4, -0.2) is 6.61 Å². The van der Waals surface area contributed by atoms with Gasteiger partial charge in [-0.15, -0.1) is 0 Å². The van der Waals surface area contributed by atoms with Crippen LogP contribution in [0.1, 0.15) is 25.0 Å². The van der Waals surface area contributed by atoms with E-state index in [0.29, 0.717) is 5.92 Å². The van der Waals surface area contributed by atoms with E-state index in [1.165, 1.54) is 5.56 Å². The highest BCUT2D eigenvalue weighted by Gasteiger charge is 2.18. The van der Waals surface area contributed by atoms with Gasteiger partial charge in [-0.25, -0.2) is 0 Å². The minimum atomic E-state index is 0.231. The second-order valence-electron chi connectivity index (χ2n) is 3.78. The first-order valence-electron chi connectivity index (χ1n) is 5.21. The first-order valence-corrected chi connectivity index (χ1v) is 5.21. The largest absolute Gasteiger partial charge is 0.373 e. The molecule has 74 valence electrons. The maximum atomic E-state index is 5.84. The standard InChI is InChI=1S/C13H16O/c1-11-7-5-6-10-14-13(11)12-8-3-2-4-9-12/h2-5,7-9,11,13H,6,10H2,1H3/t11-,13-/m1/s1. The molecule has 0 saturated carbocycles. The zero-order valence-electron chi connectivity index (χ0n) is 8.52. The molecule has 0 aromatic heterocycles. The molecule has 0 bridgehead atoms. The third kappa shape index (κ3) is 2.05. The second-order valence-corrected chi connectivity index (χ2v) is 3.78. The van der Waals surface area contributed by atoms with E-state index in [1.807, 2.05) is 6.07 Å². The van der Waals surface area contributed by atoms with Gasteiger partial charge in [0.05, 0.1) is 12.7 Å². The van der Waals surface area contributed by atoms with Crippen molar-refractivity contribution in [3.05, 3.63) is 48.0 Å². The van der Waals surface area contributed by atoms with Crippen molar-refractivity contribution in [3.63, 3.8) is 0 Å². The summed E-state index contributed by atoms with van der Waals surface area (Å²) >= 11 is 0. The molecule has 0 amide bonds. The third-order valence-corrected chi connectivity index (χ3v) is 2.63. The number of hydrogen-bond donors (Lipinski definition) is 0. The summed E-state index contributed by atoms with van der Waals surface area (Å²) in [4.78, 5) is 0. The highest BCUT2D eigenvalue weighted by atomic mass is 16.5. The molecule has 0 fully saturated rings. The van der Waals surface area contributed by atoms with Crippen molar-refractivity contribution < 1.29 is 4.74 Å². The van der Waals surface area contributed by atoms with Gasteiger partial charge in [0.2, 0.25) is 0 Å². The quantitative estimate of drug-likeness (QED) is 0.614. The average molecular weight is 188 g/mol. The highest BCUT2D eigenvalue weighted by molar-refractivity contribution is 5.19. The molecule has 1 nitrogen and oxygen atoms in total. The van der Waals surface area contributed by atoms with Crippen molar-refractivity contribution in [1.29, 1.82) is 0 Å². The molecule has 0 aliphatic carbocycles. The van der Waals surface area contributed by atoms with Crippen LogP contribution in [0.4, 0.5) is 0 Å². The molecule has 1 heterocycles. The van der Waals surface area contributed by atoms with Crippen molar-refractivity contribution >= 4 is 0 Å². The van der Waals surface area contributed by atoms with Gasteiger partial charge in [0.25, 0.3) is 0 Å². The predicted molar refractivity (Wildman–Crippen MR) is 58.1 cm³/mol. The van der Waals surface area contributed by atoms with Gasteiger partial charge in [-0.3, -0.25) is 0 Å². The SMILES string of the molecule is C[C@@H]1C=CCCO[C@H]1c1ccccc1. The predicted octanol–water partition coefficient (Wildman–Crippen LogP) is 3.34. The number of benzene rings is 1. The summed E-state index contributed by atoms with van der Waals surface area (Å²) in [7, 11) is 0. The third-order valence-electron chi connectivity index (χ3n) is 2.63. The van der Waals surface area contributed by atoms with Gasteiger partial charge in [0, 0.05) is 5.92 Å². The number of hydrogen-bond acceptors (Lipinski definition) is 1. The molecule has 1 aliphatic rings. The van der Waals surface area contributed by atoms with Gasteiger partial charge in [-0.05, 0) is 12.0 Å². The fourth-order valence-electron chi connectivity index (χ4n) is 1.87. The summed E-state index contributed by atoms with van der Waals surface area (Å²) in [6.07, 6.45) is 5.74. The molecule has 0 radical (unpaired) electrons. The van der Waals surface area contributed by atoms with E-state index in [9.17, 15) is 0 Å². The van der Waals surface area contributed by atoms with E-state index in [0.717, 1.165) is 13.0 Å². The minimum Gasteiger partial charge on any atom is -0.373 e. The lowest BCUT2D eigenvalue weighted by Gasteiger charge is -2.20. The van der Waals surface area contributed by atoms with Crippen LogP contribution in [0.25, 0.3) is 0 Å². The van der Waals surface area contributed by atoms with Crippen molar-refractivity contribution in [1.82, 2.24) is 0 Å². The Kier molecular flexibility index (Phi) is 3.00. The molecule has 2 rings (SSSR count). The van der Waals surface area contributed by atoms with Crippen LogP contribution < -0.4 is 0 Å². The van der Waals surface area contributed by atoms with Crippen LogP contribution in [0.15, 0.2) is 42.5 Å². The summed E-state index contributed by atoms with van der Waals surface area (Å²) in [5.74, 6) is 0.472. The van der Waals surface area contributed by atoms with E-state index in [2.05, 4.69) is 43.3 Å². The summed E-state index contributed by atoms with van der Waals surface area (Å²) in [6.45, 7) is 3.04. The molecule has 14 heavy (non-hydrogen) atoms. The Hall–Kier alpha value is -1.08. The summed E-state index contributed by atoms with van der Waals surface area (Å²) in [5, 5.41) is 0. The Morgan fingerprint density at radius 2 is 2.00 bits per heavy atom. The lowest BCUT2D eigenvalue weighted by atomic mass is 9.97. The van der Waals surface area contributed by atoms with E-state index in [-0.39, 0.29) is 6.10 Å². The normalized spacial score (nSPS) is 27.2. The van der Waals surface area contributed by atoms with Crippen LogP contribution in [0.3, 0.4) is 0 Å². The van der Waals surface area contributed by atoms with Gasteiger partial charge < -0.3 is 4.74 Å². The maximum absolute atomic E-state index is 5.84. The zero-order chi connectivity index (χ0) is 9.80. The lowest BCUT2D eigenvalue weighted by molar-refractivity contribution is 0.0364. The average Bonchev–Trinajstić information content (AvgIpc) is 2.44. The van der Waals surface area contributed by atoms with Gasteiger partial charge in [-0.2, -0.15) is 0 Å². The molecule has 2 atom stereocenters. The second kappa shape index (κ2) is 4.43. The monoisotopic (exact) mass is 188 g/mol. The van der Waals surface area contributed by atoms with Crippen LogP contribution in [-0.2, 0) is 4.74 Å². The van der Waals surface area contributed by atoms with Crippen molar-refractivity contribution in [2.45, 2.75) is 19.4 Å². The molecule has 0 saturated heterocycles. The fraction of sp³-hybridized carbons (Fsp3) is 0.385. The highest BCUT2D eigenvalue weighted by Crippen LogP contribution is 2.28. The maximum Gasteiger partial charge on any atom is 0.0884 e. The van der Waals surface area contributed by atoms with Crippen LogP contribution >= 0.6 is 0 Å². The lowest BCUT2D eigenvalue weighted by Crippen LogP contribution is -2.10. The van der Waals surface area contributed by atoms with Crippen LogP contribution in [0, 0.1) is 5.92 Å². The van der Waals surface area contributed by atoms with E-state index >= 15 is 0 Å². The van der Waals surface area contributed by atoms with Gasteiger partial charge in [-0.1, -0.05) is 49.4 Å². The van der Waals surface area contributed by atoms with Gasteiger partial charge >= 0.3 is 0 Å². The molecule has 1 heteroatoms. The number of rotatable bonds is 1. The van der Waals surface area contributed by atoms with Gasteiger partial charge in [0.15, 0.2) is 0 Å². The Labute approximate surface area is 85.4 Å². The molecule has 0 N–H and O–H groups in total. The van der Waals surface area contributed by atoms with E-state index < -0.39 is 0 Å². The van der Waals surface area contributed by atoms with E-state index in [4.69, 9.17) is 4.74 Å². The summed E-state index contributed by atoms with van der Waals surface area (Å²) < 4.78 is 5.84. The summed E-state index contributed by atoms with van der Waals surface area (Å²) in [6, 6.07) is 10.5. The van der Waals surface area contributed by atoms with Crippen LogP contribution in [0.2, 0.25) is 0 Å². The Balaban J connectivity index is 2.20. The molecule has 0 spiro atoms. The first kappa shape index (κ1) is 9.47. The number of ether oxygens (including phenoxy) is 1. The van der Waals surface area contributed by atoms with Gasteiger partial charge in [0.1, 0.15) is 0 Å². The molecule has 1 aliphatic heterocycles. The first-order chi connectivity index (χ1) is 6.88. The van der Waals surface area contributed by atoms with Crippen molar-refractivity contribution in [2.24, 2.45) is 5.92 Å². The topological polar surface area (TPSA) is 9.23 Å². The van der Waals surface area contributed by atoms with Crippen LogP contribution in [0.5, 0.6) is 0 Å². The summed E-state index contributed by atoms with van der Waals surface area (Å²) in [5.41, 5.74) is 1.28. The molecule has 1 aromatic rings. The minimum absolute atomic E-state index is 0.231. The Bertz CT molecular complexity index is 302. The fourth-order valence-corrected chi connectivity index (χ4v) is 1.87. The smallest absolute Gasteiger partial charge is 0.0884 e. The van der Waals surface area contributed by atoms with Crippen molar-refractivity contribution in [2.75, 3.05) is 6.61 Å². The zero-order valence-corrected chi connectivity index (χ0v) is 8.52. The Morgan fingerprint density at radius 3 is 2.79 bits per heavy atom. The molecule has 1 aromatic carbocycles. The molecule has 0 unspecified atom stereocenters. The molecular formula is C13H16O. The molecular weight excluding hydrogens is 172 g/mol.